The molecule has 1 saturated heterocycles. The van der Waals surface area contributed by atoms with E-state index < -0.39 is 17.9 Å². The van der Waals surface area contributed by atoms with Crippen LogP contribution < -0.4 is 0 Å². The lowest BCUT2D eigenvalue weighted by Gasteiger charge is -2.21. The second-order valence-corrected chi connectivity index (χ2v) is 6.39. The minimum atomic E-state index is -2.87. The zero-order valence-corrected chi connectivity index (χ0v) is 12.6. The fourth-order valence-corrected chi connectivity index (χ4v) is 3.01. The molecule has 1 fully saturated rings. The van der Waals surface area contributed by atoms with Crippen molar-refractivity contribution < 1.29 is 23.1 Å². The number of halogens is 2. The highest BCUT2D eigenvalue weighted by Gasteiger charge is 2.45. The SMILES string of the molecule is Cc1nc(-c2cc(C(=O)N3CCC(O)(C(F)F)C3)co2)cs1. The quantitative estimate of drug-likeness (QED) is 0.940. The van der Waals surface area contributed by atoms with Crippen molar-refractivity contribution in [1.82, 2.24) is 9.88 Å². The number of amides is 1. The second kappa shape index (κ2) is 5.44. The number of hydrogen-bond acceptors (Lipinski definition) is 5. The Morgan fingerprint density at radius 3 is 2.95 bits per heavy atom. The highest BCUT2D eigenvalue weighted by atomic mass is 32.1. The Balaban J connectivity index is 1.75. The molecule has 1 aliphatic rings. The number of rotatable bonds is 3. The van der Waals surface area contributed by atoms with Crippen molar-refractivity contribution in [2.75, 3.05) is 13.1 Å². The fraction of sp³-hybridized carbons (Fsp3) is 0.429. The summed E-state index contributed by atoms with van der Waals surface area (Å²) in [5.74, 6) is 0.0227. The molecule has 0 saturated carbocycles. The number of aromatic nitrogens is 1. The number of carbonyl (C=O) groups excluding carboxylic acids is 1. The molecule has 0 aliphatic carbocycles. The number of carbonyl (C=O) groups is 1. The monoisotopic (exact) mass is 328 g/mol. The standard InChI is InChI=1S/C14H14F2N2O3S/c1-8-17-10(6-22-8)11-4-9(5-21-11)12(19)18-3-2-14(20,7-18)13(15)16/h4-6,13,20H,2-3,7H2,1H3. The summed E-state index contributed by atoms with van der Waals surface area (Å²) in [6.45, 7) is 1.58. The first-order valence-corrected chi connectivity index (χ1v) is 7.58. The van der Waals surface area contributed by atoms with E-state index in [1.165, 1.54) is 28.6 Å². The van der Waals surface area contributed by atoms with E-state index in [9.17, 15) is 18.7 Å². The van der Waals surface area contributed by atoms with E-state index in [4.69, 9.17) is 4.42 Å². The summed E-state index contributed by atoms with van der Waals surface area (Å²) in [7, 11) is 0. The van der Waals surface area contributed by atoms with E-state index in [1.54, 1.807) is 0 Å². The summed E-state index contributed by atoms with van der Waals surface area (Å²) in [4.78, 5) is 17.8. The van der Waals surface area contributed by atoms with Gasteiger partial charge in [0.25, 0.3) is 12.3 Å². The Hall–Kier alpha value is -1.80. The van der Waals surface area contributed by atoms with E-state index in [2.05, 4.69) is 4.98 Å². The van der Waals surface area contributed by atoms with Gasteiger partial charge in [0, 0.05) is 18.3 Å². The molecule has 5 nitrogen and oxygen atoms in total. The lowest BCUT2D eigenvalue weighted by atomic mass is 10.1. The molecule has 1 unspecified atom stereocenters. The molecule has 22 heavy (non-hydrogen) atoms. The Kier molecular flexibility index (Phi) is 3.73. The van der Waals surface area contributed by atoms with E-state index in [0.29, 0.717) is 11.5 Å². The third-order valence-corrected chi connectivity index (χ3v) is 4.46. The Labute approximate surface area is 129 Å². The van der Waals surface area contributed by atoms with Crippen LogP contribution in [0.25, 0.3) is 11.5 Å². The number of alkyl halides is 2. The van der Waals surface area contributed by atoms with Gasteiger partial charge in [0.1, 0.15) is 17.6 Å². The molecule has 3 rings (SSSR count). The van der Waals surface area contributed by atoms with Crippen molar-refractivity contribution in [3.8, 4) is 11.5 Å². The summed E-state index contributed by atoms with van der Waals surface area (Å²) in [5, 5.41) is 12.4. The zero-order chi connectivity index (χ0) is 15.9. The molecule has 1 aliphatic heterocycles. The molecule has 8 heteroatoms. The van der Waals surface area contributed by atoms with Gasteiger partial charge in [-0.15, -0.1) is 11.3 Å². The molecule has 2 aromatic rings. The summed E-state index contributed by atoms with van der Waals surface area (Å²) < 4.78 is 30.9. The van der Waals surface area contributed by atoms with Gasteiger partial charge in [-0.1, -0.05) is 0 Å². The number of aryl methyl sites for hydroxylation is 1. The highest BCUT2D eigenvalue weighted by molar-refractivity contribution is 7.09. The fourth-order valence-electron chi connectivity index (χ4n) is 2.41. The molecule has 3 heterocycles. The van der Waals surface area contributed by atoms with Crippen LogP contribution in [0.2, 0.25) is 0 Å². The van der Waals surface area contributed by atoms with Crippen LogP contribution in [0.1, 0.15) is 21.8 Å². The minimum Gasteiger partial charge on any atom is -0.462 e. The van der Waals surface area contributed by atoms with Gasteiger partial charge < -0.3 is 14.4 Å². The first kappa shape index (κ1) is 15.1. The molecule has 118 valence electrons. The number of nitrogens with zero attached hydrogens (tertiary/aromatic N) is 2. The van der Waals surface area contributed by atoms with Gasteiger partial charge in [0.2, 0.25) is 0 Å². The molecule has 2 aromatic heterocycles. The van der Waals surface area contributed by atoms with Gasteiger partial charge >= 0.3 is 0 Å². The molecule has 0 spiro atoms. The predicted molar refractivity (Wildman–Crippen MR) is 76.0 cm³/mol. The van der Waals surface area contributed by atoms with Crippen LogP contribution in [0, 0.1) is 6.92 Å². The predicted octanol–water partition coefficient (Wildman–Crippen LogP) is 2.55. The number of thiazole rings is 1. The maximum Gasteiger partial charge on any atom is 0.268 e. The Bertz CT molecular complexity index is 700. The number of likely N-dealkylation sites (tertiary alicyclic amines) is 1. The van der Waals surface area contributed by atoms with Gasteiger partial charge in [-0.25, -0.2) is 13.8 Å². The van der Waals surface area contributed by atoms with Crippen LogP contribution in [0.5, 0.6) is 0 Å². The van der Waals surface area contributed by atoms with E-state index in [-0.39, 0.29) is 25.1 Å². The smallest absolute Gasteiger partial charge is 0.268 e. The maximum absolute atomic E-state index is 12.8. The van der Waals surface area contributed by atoms with E-state index in [1.807, 2.05) is 12.3 Å². The van der Waals surface area contributed by atoms with E-state index in [0.717, 1.165) is 5.01 Å². The average molecular weight is 328 g/mol. The third-order valence-electron chi connectivity index (χ3n) is 3.69. The van der Waals surface area contributed by atoms with Gasteiger partial charge in [-0.3, -0.25) is 4.79 Å². The normalized spacial score (nSPS) is 21.8. The first-order chi connectivity index (χ1) is 10.4. The molecular formula is C14H14F2N2O3S. The number of β-amino-alcohol motifs (C(OH)–C–C–N with tert-alkyl or cyclic N) is 1. The van der Waals surface area contributed by atoms with Crippen molar-refractivity contribution in [3.05, 3.63) is 28.3 Å². The molecule has 0 radical (unpaired) electrons. The van der Waals surface area contributed by atoms with Crippen LogP contribution >= 0.6 is 11.3 Å². The largest absolute Gasteiger partial charge is 0.462 e. The summed E-state index contributed by atoms with van der Waals surface area (Å²) in [5.41, 5.74) is -1.22. The van der Waals surface area contributed by atoms with Crippen molar-refractivity contribution in [1.29, 1.82) is 0 Å². The van der Waals surface area contributed by atoms with Crippen LogP contribution in [0.4, 0.5) is 8.78 Å². The minimum absolute atomic E-state index is 0.0932. The lowest BCUT2D eigenvalue weighted by Crippen LogP contribution is -2.41. The van der Waals surface area contributed by atoms with Crippen molar-refractivity contribution in [3.63, 3.8) is 0 Å². The average Bonchev–Trinajstić information content (AvgIpc) is 3.17. The molecular weight excluding hydrogens is 314 g/mol. The third kappa shape index (κ3) is 2.64. The maximum atomic E-state index is 12.8. The number of furan rings is 1. The molecule has 1 amide bonds. The highest BCUT2D eigenvalue weighted by Crippen LogP contribution is 2.30. The summed E-state index contributed by atoms with van der Waals surface area (Å²) in [6, 6.07) is 1.54. The van der Waals surface area contributed by atoms with Gasteiger partial charge in [0.15, 0.2) is 5.76 Å². The summed E-state index contributed by atoms with van der Waals surface area (Å²) in [6.07, 6.45) is -1.72. The van der Waals surface area contributed by atoms with Crippen LogP contribution in [0.15, 0.2) is 22.1 Å². The van der Waals surface area contributed by atoms with Crippen LogP contribution in [0.3, 0.4) is 0 Å². The van der Waals surface area contributed by atoms with Crippen LogP contribution in [-0.2, 0) is 0 Å². The molecule has 1 N–H and O–H groups in total. The molecule has 1 atom stereocenters. The number of hydrogen-bond donors (Lipinski definition) is 1. The van der Waals surface area contributed by atoms with Gasteiger partial charge in [-0.2, -0.15) is 0 Å². The molecule has 0 aromatic carbocycles. The van der Waals surface area contributed by atoms with Crippen LogP contribution in [-0.4, -0.2) is 46.0 Å². The molecule has 0 bridgehead atoms. The van der Waals surface area contributed by atoms with Crippen molar-refractivity contribution in [2.24, 2.45) is 0 Å². The Morgan fingerprint density at radius 1 is 1.59 bits per heavy atom. The van der Waals surface area contributed by atoms with Crippen molar-refractivity contribution >= 4 is 17.2 Å². The lowest BCUT2D eigenvalue weighted by molar-refractivity contribution is -0.0855. The first-order valence-electron chi connectivity index (χ1n) is 6.70. The van der Waals surface area contributed by atoms with Crippen molar-refractivity contribution in [2.45, 2.75) is 25.4 Å². The van der Waals surface area contributed by atoms with Gasteiger partial charge in [-0.05, 0) is 13.0 Å². The van der Waals surface area contributed by atoms with E-state index >= 15 is 0 Å². The zero-order valence-electron chi connectivity index (χ0n) is 11.8. The second-order valence-electron chi connectivity index (χ2n) is 5.33. The van der Waals surface area contributed by atoms with Gasteiger partial charge in [0.05, 0.1) is 17.1 Å². The Morgan fingerprint density at radius 2 is 2.36 bits per heavy atom. The number of aliphatic hydroxyl groups is 1. The topological polar surface area (TPSA) is 66.6 Å². The summed E-state index contributed by atoms with van der Waals surface area (Å²) >= 11 is 1.46.